The first-order valence-electron chi connectivity index (χ1n) is 6.40. The van der Waals surface area contributed by atoms with Crippen LogP contribution < -0.4 is 0 Å². The first-order chi connectivity index (χ1) is 8.31. The van der Waals surface area contributed by atoms with E-state index in [0.29, 0.717) is 12.3 Å². The van der Waals surface area contributed by atoms with Crippen molar-refractivity contribution >= 4 is 5.78 Å². The third kappa shape index (κ3) is 4.89. The Balaban J connectivity index is 2.62. The van der Waals surface area contributed by atoms with E-state index in [9.17, 15) is 9.90 Å². The number of hydrogen-bond donors (Lipinski definition) is 1. The smallest absolute Gasteiger partial charge is 0.137 e. The molecule has 2 atom stereocenters. The molecular formula is C16H22O2. The molecule has 0 saturated heterocycles. The van der Waals surface area contributed by atoms with Crippen LogP contribution in [0.4, 0.5) is 0 Å². The fourth-order valence-electron chi connectivity index (χ4n) is 2.06. The van der Waals surface area contributed by atoms with E-state index in [1.54, 1.807) is 13.8 Å². The second-order valence-electron chi connectivity index (χ2n) is 5.73. The molecule has 0 saturated carbocycles. The first-order valence-corrected chi connectivity index (χ1v) is 6.40. The molecule has 1 rings (SSSR count). The third-order valence-electron chi connectivity index (χ3n) is 3.01. The second kappa shape index (κ2) is 6.02. The van der Waals surface area contributed by atoms with Gasteiger partial charge in [0.15, 0.2) is 0 Å². The molecule has 2 heteroatoms. The molecule has 18 heavy (non-hydrogen) atoms. The van der Waals surface area contributed by atoms with Crippen LogP contribution in [0.1, 0.15) is 40.0 Å². The van der Waals surface area contributed by atoms with Crippen LogP contribution in [0.3, 0.4) is 0 Å². The Kier molecular flexibility index (Phi) is 4.93. The molecule has 0 spiro atoms. The van der Waals surface area contributed by atoms with E-state index >= 15 is 0 Å². The Morgan fingerprint density at radius 2 is 2.33 bits per heavy atom. The van der Waals surface area contributed by atoms with Crippen LogP contribution in [-0.2, 0) is 4.79 Å². The summed E-state index contributed by atoms with van der Waals surface area (Å²) in [5.41, 5.74) is 0.0985. The SMILES string of the molecule is C#C[C@@H](CC(=O)CC(C)(C)O)C1=CCC(C)C=C1. The zero-order chi connectivity index (χ0) is 13.8. The lowest BCUT2D eigenvalue weighted by atomic mass is 9.86. The van der Waals surface area contributed by atoms with Gasteiger partial charge in [0.05, 0.1) is 11.5 Å². The maximum absolute atomic E-state index is 11.8. The fourth-order valence-corrected chi connectivity index (χ4v) is 2.06. The van der Waals surface area contributed by atoms with E-state index in [-0.39, 0.29) is 18.1 Å². The van der Waals surface area contributed by atoms with Crippen LogP contribution in [0.2, 0.25) is 0 Å². The van der Waals surface area contributed by atoms with Gasteiger partial charge in [0.1, 0.15) is 5.78 Å². The van der Waals surface area contributed by atoms with Gasteiger partial charge in [-0.1, -0.05) is 31.1 Å². The Morgan fingerprint density at radius 3 is 2.78 bits per heavy atom. The van der Waals surface area contributed by atoms with Crippen molar-refractivity contribution in [3.05, 3.63) is 23.8 Å². The molecule has 0 radical (unpaired) electrons. The van der Waals surface area contributed by atoms with Gasteiger partial charge >= 0.3 is 0 Å². The molecule has 0 heterocycles. The summed E-state index contributed by atoms with van der Waals surface area (Å²) < 4.78 is 0. The van der Waals surface area contributed by atoms with Gasteiger partial charge in [-0.05, 0) is 31.8 Å². The van der Waals surface area contributed by atoms with Crippen molar-refractivity contribution in [2.75, 3.05) is 0 Å². The van der Waals surface area contributed by atoms with E-state index < -0.39 is 5.60 Å². The maximum Gasteiger partial charge on any atom is 0.137 e. The highest BCUT2D eigenvalue weighted by Crippen LogP contribution is 2.25. The Morgan fingerprint density at radius 1 is 1.67 bits per heavy atom. The number of hydrogen-bond acceptors (Lipinski definition) is 2. The van der Waals surface area contributed by atoms with Gasteiger partial charge in [0.2, 0.25) is 0 Å². The summed E-state index contributed by atoms with van der Waals surface area (Å²) in [6.45, 7) is 5.42. The molecule has 1 aliphatic rings. The predicted molar refractivity (Wildman–Crippen MR) is 73.9 cm³/mol. The summed E-state index contributed by atoms with van der Waals surface area (Å²) in [6.07, 6.45) is 13.2. The van der Waals surface area contributed by atoms with E-state index in [1.165, 1.54) is 0 Å². The summed E-state index contributed by atoms with van der Waals surface area (Å²) >= 11 is 0. The first kappa shape index (κ1) is 14.7. The van der Waals surface area contributed by atoms with Gasteiger partial charge in [-0.2, -0.15) is 0 Å². The van der Waals surface area contributed by atoms with Crippen molar-refractivity contribution in [1.29, 1.82) is 0 Å². The summed E-state index contributed by atoms with van der Waals surface area (Å²) in [4.78, 5) is 11.8. The minimum absolute atomic E-state index is 0.0124. The van der Waals surface area contributed by atoms with Crippen molar-refractivity contribution in [1.82, 2.24) is 0 Å². The van der Waals surface area contributed by atoms with Crippen LogP contribution in [0.5, 0.6) is 0 Å². The minimum atomic E-state index is -0.957. The number of allylic oxidation sites excluding steroid dienone is 4. The summed E-state index contributed by atoms with van der Waals surface area (Å²) in [7, 11) is 0. The van der Waals surface area contributed by atoms with Crippen molar-refractivity contribution in [3.8, 4) is 12.3 Å². The molecular weight excluding hydrogens is 224 g/mol. The van der Waals surface area contributed by atoms with E-state index in [1.807, 2.05) is 6.08 Å². The quantitative estimate of drug-likeness (QED) is 0.757. The summed E-state index contributed by atoms with van der Waals surface area (Å²) in [5.74, 6) is 3.07. The highest BCUT2D eigenvalue weighted by molar-refractivity contribution is 5.80. The van der Waals surface area contributed by atoms with Crippen LogP contribution >= 0.6 is 0 Å². The molecule has 0 bridgehead atoms. The van der Waals surface area contributed by atoms with E-state index in [4.69, 9.17) is 6.42 Å². The Bertz CT molecular complexity index is 402. The van der Waals surface area contributed by atoms with E-state index in [0.717, 1.165) is 12.0 Å². The Hall–Kier alpha value is -1.33. The van der Waals surface area contributed by atoms with Crippen LogP contribution in [0.25, 0.3) is 0 Å². The molecule has 98 valence electrons. The highest BCUT2D eigenvalue weighted by atomic mass is 16.3. The number of carbonyl (C=O) groups excluding carboxylic acids is 1. The van der Waals surface area contributed by atoms with Gasteiger partial charge in [-0.25, -0.2) is 0 Å². The molecule has 2 nitrogen and oxygen atoms in total. The monoisotopic (exact) mass is 246 g/mol. The highest BCUT2D eigenvalue weighted by Gasteiger charge is 2.22. The molecule has 0 aromatic carbocycles. The zero-order valence-corrected chi connectivity index (χ0v) is 11.4. The topological polar surface area (TPSA) is 37.3 Å². The van der Waals surface area contributed by atoms with Crippen LogP contribution in [0.15, 0.2) is 23.8 Å². The number of ketones is 1. The molecule has 1 N–H and O–H groups in total. The van der Waals surface area contributed by atoms with Gasteiger partial charge < -0.3 is 5.11 Å². The zero-order valence-electron chi connectivity index (χ0n) is 11.4. The van der Waals surface area contributed by atoms with Gasteiger partial charge in [-0.15, -0.1) is 6.42 Å². The largest absolute Gasteiger partial charge is 0.390 e. The van der Waals surface area contributed by atoms with Crippen LogP contribution in [-0.4, -0.2) is 16.5 Å². The number of aliphatic hydroxyl groups is 1. The minimum Gasteiger partial charge on any atom is -0.390 e. The Labute approximate surface area is 110 Å². The lowest BCUT2D eigenvalue weighted by Crippen LogP contribution is -2.24. The fraction of sp³-hybridized carbons (Fsp3) is 0.562. The average molecular weight is 246 g/mol. The lowest BCUT2D eigenvalue weighted by Gasteiger charge is -2.19. The maximum atomic E-state index is 11.8. The van der Waals surface area contributed by atoms with Gasteiger partial charge in [0, 0.05) is 12.8 Å². The summed E-state index contributed by atoms with van der Waals surface area (Å²) in [5, 5.41) is 9.62. The average Bonchev–Trinajstić information content (AvgIpc) is 2.25. The molecule has 1 unspecified atom stereocenters. The molecule has 0 amide bonds. The van der Waals surface area contributed by atoms with E-state index in [2.05, 4.69) is 25.0 Å². The van der Waals surface area contributed by atoms with Crippen molar-refractivity contribution < 1.29 is 9.90 Å². The third-order valence-corrected chi connectivity index (χ3v) is 3.01. The second-order valence-corrected chi connectivity index (χ2v) is 5.73. The molecule has 0 fully saturated rings. The number of Topliss-reactive ketones (excluding diaryl/α,β-unsaturated/α-hetero) is 1. The molecule has 0 aliphatic heterocycles. The normalized spacial score (nSPS) is 21.1. The van der Waals surface area contributed by atoms with Gasteiger partial charge in [-0.3, -0.25) is 4.79 Å². The summed E-state index contributed by atoms with van der Waals surface area (Å²) in [6, 6.07) is 0. The standard InChI is InChI=1S/C16H22O2/c1-5-13(10-15(17)11-16(3,4)18)14-8-6-12(2)7-9-14/h1,6,8-9,12-13,18H,7,10-11H2,2-4H3/t12?,13-/m0/s1. The lowest BCUT2D eigenvalue weighted by molar-refractivity contribution is -0.123. The number of terminal acetylenes is 1. The van der Waals surface area contributed by atoms with Gasteiger partial charge in [0.25, 0.3) is 0 Å². The molecule has 0 aromatic heterocycles. The molecule has 0 aromatic rings. The van der Waals surface area contributed by atoms with Crippen LogP contribution in [0, 0.1) is 24.2 Å². The van der Waals surface area contributed by atoms with Crippen molar-refractivity contribution in [2.45, 2.75) is 45.6 Å². The number of rotatable bonds is 5. The van der Waals surface area contributed by atoms with Crippen molar-refractivity contribution in [3.63, 3.8) is 0 Å². The molecule has 1 aliphatic carbocycles. The predicted octanol–water partition coefficient (Wildman–Crippen LogP) is 2.88. The van der Waals surface area contributed by atoms with Crippen molar-refractivity contribution in [2.24, 2.45) is 11.8 Å². The number of carbonyl (C=O) groups is 1.